The number of hydrogen-bond donors (Lipinski definition) is 1. The van der Waals surface area contributed by atoms with Crippen molar-refractivity contribution in [2.24, 2.45) is 0 Å². The molecule has 0 saturated carbocycles. The van der Waals surface area contributed by atoms with Gasteiger partial charge in [-0.25, -0.2) is 0 Å². The topological polar surface area (TPSA) is 63.6 Å². The molecule has 0 fully saturated rings. The van der Waals surface area contributed by atoms with Gasteiger partial charge in [-0.05, 0) is 0 Å². The van der Waals surface area contributed by atoms with E-state index < -0.39 is 16.7 Å². The molecule has 0 bridgehead atoms. The fourth-order valence-electron chi connectivity index (χ4n) is 0.105. The molecule has 0 amide bonds. The lowest BCUT2D eigenvalue weighted by Crippen LogP contribution is -1.69. The van der Waals surface area contributed by atoms with Gasteiger partial charge in [-0.2, -0.15) is 0 Å². The third-order valence-electron chi connectivity index (χ3n) is 0.275. The second-order valence-electron chi connectivity index (χ2n) is 0.744. The minimum Gasteiger partial charge on any atom is -0.328 e. The average molecular weight is 144 g/mol. The van der Waals surface area contributed by atoms with Crippen LogP contribution in [0.1, 0.15) is 0 Å². The Kier molecular flexibility index (Phi) is 4.78. The zero-order valence-corrected chi connectivity index (χ0v) is 5.61. The quantitative estimate of drug-likeness (QED) is 0.570. The van der Waals surface area contributed by atoms with E-state index in [1.54, 1.807) is 0 Å². The minimum absolute atomic E-state index is 0.0890. The lowest BCUT2D eigenvalue weighted by atomic mass is 11.7. The first-order chi connectivity index (χ1) is 3.27. The van der Waals surface area contributed by atoms with Crippen LogP contribution >= 0.6 is 16.7 Å². The van der Waals surface area contributed by atoms with Crippen molar-refractivity contribution in [3.05, 3.63) is 0 Å². The smallest absolute Gasteiger partial charge is 0.317 e. The second-order valence-corrected chi connectivity index (χ2v) is 2.23. The number of rotatable bonds is 3. The first kappa shape index (κ1) is 7.38. The van der Waals surface area contributed by atoms with Crippen molar-refractivity contribution in [3.63, 3.8) is 0 Å². The van der Waals surface area contributed by atoms with E-state index in [4.69, 9.17) is 4.89 Å². The fraction of sp³-hybridized carbons (Fsp3) is 1.00. The van der Waals surface area contributed by atoms with Gasteiger partial charge in [0, 0.05) is 0 Å². The van der Waals surface area contributed by atoms with Gasteiger partial charge in [0.2, 0.25) is 0 Å². The average Bonchev–Trinajstić information content (AvgIpc) is 1.61. The zero-order chi connectivity index (χ0) is 5.70. The third kappa shape index (κ3) is 6.38. The fourth-order valence-corrected chi connectivity index (χ4v) is 0.948. The highest BCUT2D eigenvalue weighted by molar-refractivity contribution is 7.33. The summed E-state index contributed by atoms with van der Waals surface area (Å²) in [4.78, 5) is 7.88. The highest BCUT2D eigenvalue weighted by Gasteiger charge is 1.84. The summed E-state index contributed by atoms with van der Waals surface area (Å²) in [6.45, 7) is 0. The maximum Gasteiger partial charge on any atom is 0.317 e. The normalized spacial score (nSPS) is 15.6. The summed E-state index contributed by atoms with van der Waals surface area (Å²) in [6.07, 6.45) is -0.0890. The summed E-state index contributed by atoms with van der Waals surface area (Å²) < 4.78 is 23.2. The van der Waals surface area contributed by atoms with Crippen LogP contribution in [0.2, 0.25) is 0 Å². The van der Waals surface area contributed by atoms with Crippen molar-refractivity contribution in [3.8, 4) is 0 Å². The van der Waals surface area contributed by atoms with Gasteiger partial charge in [-0.3, -0.25) is 4.57 Å². The molecule has 0 spiro atoms. The molecule has 0 aliphatic heterocycles. The maximum atomic E-state index is 9.60. The molecule has 1 N–H and O–H groups in total. The monoisotopic (exact) mass is 144 g/mol. The van der Waals surface area contributed by atoms with Crippen molar-refractivity contribution in [1.82, 2.24) is 0 Å². The van der Waals surface area contributed by atoms with Gasteiger partial charge in [0.25, 0.3) is 0 Å². The molecule has 6 heteroatoms. The molecule has 0 aliphatic rings. The Balaban J connectivity index is 2.97. The van der Waals surface area contributed by atoms with Crippen LogP contribution in [0.15, 0.2) is 0 Å². The predicted molar refractivity (Wildman–Crippen MR) is 27.6 cm³/mol. The molecule has 2 atom stereocenters. The van der Waals surface area contributed by atoms with E-state index in [0.717, 1.165) is 0 Å². The van der Waals surface area contributed by atoms with Crippen molar-refractivity contribution < 1.29 is 18.5 Å². The number of hydrogen-bond acceptors (Lipinski definition) is 3. The molecule has 0 aliphatic carbocycles. The Morgan fingerprint density at radius 2 is 2.43 bits per heavy atom. The first-order valence-corrected chi connectivity index (χ1v) is 4.12. The van der Waals surface area contributed by atoms with Crippen molar-refractivity contribution in [2.45, 2.75) is 0 Å². The van der Waals surface area contributed by atoms with Crippen molar-refractivity contribution in [1.29, 1.82) is 0 Å². The van der Waals surface area contributed by atoms with Gasteiger partial charge in [0.15, 0.2) is 0 Å². The molecule has 0 aromatic rings. The van der Waals surface area contributed by atoms with Crippen LogP contribution in [0.5, 0.6) is 0 Å². The van der Waals surface area contributed by atoms with Crippen LogP contribution < -0.4 is 0 Å². The molecule has 44 valence electrons. The largest absolute Gasteiger partial charge is 0.328 e. The molecule has 4 nitrogen and oxygen atoms in total. The van der Waals surface area contributed by atoms with Gasteiger partial charge in [0.05, 0.1) is 8.46 Å². The summed E-state index contributed by atoms with van der Waals surface area (Å²) >= 11 is 0. The summed E-state index contributed by atoms with van der Waals surface area (Å²) in [6, 6.07) is 0. The molecular weight excluding hydrogens is 138 g/mol. The van der Waals surface area contributed by atoms with E-state index in [1.807, 2.05) is 0 Å². The third-order valence-corrected chi connectivity index (χ3v) is 1.32. The molecule has 0 heterocycles. The SMILES string of the molecule is O=[PH2]CO[PH](=O)O. The molecule has 0 saturated heterocycles. The van der Waals surface area contributed by atoms with Gasteiger partial charge in [0.1, 0.15) is 6.35 Å². The highest BCUT2D eigenvalue weighted by atomic mass is 31.1. The molecule has 0 radical (unpaired) electrons. The van der Waals surface area contributed by atoms with E-state index >= 15 is 0 Å². The summed E-state index contributed by atoms with van der Waals surface area (Å²) in [5.41, 5.74) is 0. The molecule has 2 unspecified atom stereocenters. The van der Waals surface area contributed by atoms with Gasteiger partial charge in [-0.15, -0.1) is 0 Å². The summed E-state index contributed by atoms with van der Waals surface area (Å²) in [5.74, 6) is 0. The zero-order valence-electron chi connectivity index (χ0n) is 3.46. The van der Waals surface area contributed by atoms with Gasteiger partial charge < -0.3 is 14.0 Å². The highest BCUT2D eigenvalue weighted by Crippen LogP contribution is 2.15. The summed E-state index contributed by atoms with van der Waals surface area (Å²) in [5, 5.41) is 0. The van der Waals surface area contributed by atoms with Crippen LogP contribution in [0.3, 0.4) is 0 Å². The van der Waals surface area contributed by atoms with Crippen molar-refractivity contribution >= 4 is 16.7 Å². The second kappa shape index (κ2) is 4.54. The lowest BCUT2D eigenvalue weighted by molar-refractivity contribution is 0.327. The van der Waals surface area contributed by atoms with E-state index in [-0.39, 0.29) is 6.35 Å². The van der Waals surface area contributed by atoms with Crippen LogP contribution in [0, 0.1) is 0 Å². The van der Waals surface area contributed by atoms with E-state index in [0.29, 0.717) is 0 Å². The lowest BCUT2D eigenvalue weighted by Gasteiger charge is -1.86. The van der Waals surface area contributed by atoms with Gasteiger partial charge in [-0.1, -0.05) is 0 Å². The van der Waals surface area contributed by atoms with E-state index in [1.165, 1.54) is 0 Å². The Morgan fingerprint density at radius 3 is 2.57 bits per heavy atom. The van der Waals surface area contributed by atoms with Crippen LogP contribution in [-0.2, 0) is 13.7 Å². The van der Waals surface area contributed by atoms with Crippen molar-refractivity contribution in [2.75, 3.05) is 6.35 Å². The first-order valence-electron chi connectivity index (χ1n) is 1.56. The molecule has 7 heavy (non-hydrogen) atoms. The maximum absolute atomic E-state index is 9.60. The summed E-state index contributed by atoms with van der Waals surface area (Å²) in [7, 11) is -3.87. The Hall–Kier alpha value is 0.380. The predicted octanol–water partition coefficient (Wildman–Crippen LogP) is 0.0988. The molecule has 0 aromatic carbocycles. The molecular formula is CH6O4P2. The van der Waals surface area contributed by atoms with Crippen LogP contribution in [0.4, 0.5) is 0 Å². The van der Waals surface area contributed by atoms with Gasteiger partial charge >= 0.3 is 8.25 Å². The Labute approximate surface area is 42.6 Å². The molecule has 0 aromatic heterocycles. The standard InChI is InChI=1S/CH6O4P2/c2-6-1-5-7(3)4/h7H,1,6H2,(H,3,4). The Morgan fingerprint density at radius 1 is 1.86 bits per heavy atom. The van der Waals surface area contributed by atoms with E-state index in [2.05, 4.69) is 4.52 Å². The van der Waals surface area contributed by atoms with Crippen LogP contribution in [0.25, 0.3) is 0 Å². The Bertz CT molecular complexity index is 79.8. The molecule has 0 rings (SSSR count). The minimum atomic E-state index is -2.83. The van der Waals surface area contributed by atoms with Crippen LogP contribution in [-0.4, -0.2) is 11.2 Å². The van der Waals surface area contributed by atoms with E-state index in [9.17, 15) is 9.13 Å².